The Morgan fingerprint density at radius 3 is 2.53 bits per heavy atom. The molecule has 0 aromatic heterocycles. The quantitative estimate of drug-likeness (QED) is 0.761. The number of ether oxygens (including phenoxy) is 1. The summed E-state index contributed by atoms with van der Waals surface area (Å²) in [5, 5.41) is 0.427. The molecular weight excluding hydrogens is 328 g/mol. The standard InChI is InChI=1S/C15H12BrClO2/c1-9-3-5-11(12(16)7-9)15(18)10-4-6-14(19-2)13(17)8-10/h3-8H,1-2H3. The van der Waals surface area contributed by atoms with E-state index < -0.39 is 0 Å². The maximum Gasteiger partial charge on any atom is 0.194 e. The second-order valence-electron chi connectivity index (χ2n) is 4.16. The van der Waals surface area contributed by atoms with Gasteiger partial charge in [0, 0.05) is 15.6 Å². The summed E-state index contributed by atoms with van der Waals surface area (Å²) in [6.45, 7) is 1.98. The van der Waals surface area contributed by atoms with E-state index in [2.05, 4.69) is 15.9 Å². The van der Waals surface area contributed by atoms with Gasteiger partial charge in [-0.25, -0.2) is 0 Å². The molecule has 2 rings (SSSR count). The van der Waals surface area contributed by atoms with Crippen molar-refractivity contribution in [3.05, 3.63) is 62.6 Å². The minimum atomic E-state index is -0.0728. The van der Waals surface area contributed by atoms with Crippen molar-refractivity contribution in [3.8, 4) is 5.75 Å². The maximum absolute atomic E-state index is 12.4. The number of aryl methyl sites for hydroxylation is 1. The van der Waals surface area contributed by atoms with Crippen LogP contribution in [0.2, 0.25) is 5.02 Å². The zero-order valence-corrected chi connectivity index (χ0v) is 12.9. The van der Waals surface area contributed by atoms with E-state index in [0.29, 0.717) is 21.9 Å². The van der Waals surface area contributed by atoms with Crippen LogP contribution in [0.15, 0.2) is 40.9 Å². The first-order valence-electron chi connectivity index (χ1n) is 5.67. The van der Waals surface area contributed by atoms with Crippen molar-refractivity contribution in [2.24, 2.45) is 0 Å². The lowest BCUT2D eigenvalue weighted by atomic mass is 10.0. The number of methoxy groups -OCH3 is 1. The third kappa shape index (κ3) is 2.99. The average Bonchev–Trinajstić information content (AvgIpc) is 2.38. The summed E-state index contributed by atoms with van der Waals surface area (Å²) < 4.78 is 5.85. The fourth-order valence-electron chi connectivity index (χ4n) is 1.77. The molecule has 0 radical (unpaired) electrons. The van der Waals surface area contributed by atoms with Gasteiger partial charge in [0.1, 0.15) is 5.75 Å². The van der Waals surface area contributed by atoms with E-state index in [-0.39, 0.29) is 5.78 Å². The fourth-order valence-corrected chi connectivity index (χ4v) is 2.70. The monoisotopic (exact) mass is 338 g/mol. The lowest BCUT2D eigenvalue weighted by Gasteiger charge is -2.07. The van der Waals surface area contributed by atoms with Gasteiger partial charge in [0.15, 0.2) is 5.78 Å². The zero-order valence-electron chi connectivity index (χ0n) is 10.5. The van der Waals surface area contributed by atoms with Crippen LogP contribution in [-0.4, -0.2) is 12.9 Å². The predicted molar refractivity (Wildman–Crippen MR) is 80.3 cm³/mol. The first-order chi connectivity index (χ1) is 9.02. The predicted octanol–water partition coefficient (Wildman–Crippen LogP) is 4.65. The fraction of sp³-hybridized carbons (Fsp3) is 0.133. The normalized spacial score (nSPS) is 10.3. The van der Waals surface area contributed by atoms with E-state index in [4.69, 9.17) is 16.3 Å². The molecule has 0 fully saturated rings. The van der Waals surface area contributed by atoms with Crippen LogP contribution in [0.3, 0.4) is 0 Å². The summed E-state index contributed by atoms with van der Waals surface area (Å²) >= 11 is 9.45. The summed E-state index contributed by atoms with van der Waals surface area (Å²) in [6, 6.07) is 10.6. The van der Waals surface area contributed by atoms with Gasteiger partial charge in [-0.1, -0.05) is 33.6 Å². The Bertz CT molecular complexity index is 638. The van der Waals surface area contributed by atoms with Crippen LogP contribution in [0.5, 0.6) is 5.75 Å². The third-order valence-corrected chi connectivity index (χ3v) is 3.73. The van der Waals surface area contributed by atoms with Crippen LogP contribution in [0, 0.1) is 6.92 Å². The SMILES string of the molecule is COc1ccc(C(=O)c2ccc(C)cc2Br)cc1Cl. The highest BCUT2D eigenvalue weighted by molar-refractivity contribution is 9.10. The molecule has 0 spiro atoms. The van der Waals surface area contributed by atoms with Crippen molar-refractivity contribution < 1.29 is 9.53 Å². The largest absolute Gasteiger partial charge is 0.495 e. The summed E-state index contributed by atoms with van der Waals surface area (Å²) in [6.07, 6.45) is 0. The Morgan fingerprint density at radius 2 is 1.95 bits per heavy atom. The first kappa shape index (κ1) is 14.1. The molecule has 0 amide bonds. The van der Waals surface area contributed by atoms with Gasteiger partial charge in [-0.2, -0.15) is 0 Å². The van der Waals surface area contributed by atoms with Crippen molar-refractivity contribution >= 4 is 33.3 Å². The topological polar surface area (TPSA) is 26.3 Å². The van der Waals surface area contributed by atoms with Crippen molar-refractivity contribution in [3.63, 3.8) is 0 Å². The lowest BCUT2D eigenvalue weighted by Crippen LogP contribution is -2.03. The molecule has 0 saturated carbocycles. The van der Waals surface area contributed by atoms with Crippen molar-refractivity contribution in [2.45, 2.75) is 6.92 Å². The van der Waals surface area contributed by atoms with E-state index in [1.54, 1.807) is 31.4 Å². The van der Waals surface area contributed by atoms with Gasteiger partial charge >= 0.3 is 0 Å². The molecule has 2 nitrogen and oxygen atoms in total. The Morgan fingerprint density at radius 1 is 1.21 bits per heavy atom. The second kappa shape index (κ2) is 5.76. The van der Waals surface area contributed by atoms with Crippen LogP contribution in [0.25, 0.3) is 0 Å². The average molecular weight is 340 g/mol. The van der Waals surface area contributed by atoms with Gasteiger partial charge in [-0.05, 0) is 42.8 Å². The van der Waals surface area contributed by atoms with Gasteiger partial charge < -0.3 is 4.74 Å². The van der Waals surface area contributed by atoms with Gasteiger partial charge in [0.05, 0.1) is 12.1 Å². The number of ketones is 1. The molecule has 2 aromatic carbocycles. The summed E-state index contributed by atoms with van der Waals surface area (Å²) in [4.78, 5) is 12.4. The number of hydrogen-bond acceptors (Lipinski definition) is 2. The van der Waals surface area contributed by atoms with Gasteiger partial charge in [-0.3, -0.25) is 4.79 Å². The number of rotatable bonds is 3. The first-order valence-corrected chi connectivity index (χ1v) is 6.84. The molecule has 4 heteroatoms. The lowest BCUT2D eigenvalue weighted by molar-refractivity contribution is 0.103. The van der Waals surface area contributed by atoms with E-state index in [9.17, 15) is 4.79 Å². The molecule has 0 saturated heterocycles. The van der Waals surface area contributed by atoms with E-state index in [1.807, 2.05) is 19.1 Å². The number of benzene rings is 2. The van der Waals surface area contributed by atoms with Crippen LogP contribution in [-0.2, 0) is 0 Å². The second-order valence-corrected chi connectivity index (χ2v) is 5.42. The van der Waals surface area contributed by atoms with Gasteiger partial charge in [0.25, 0.3) is 0 Å². The molecule has 19 heavy (non-hydrogen) atoms. The highest BCUT2D eigenvalue weighted by Gasteiger charge is 2.14. The van der Waals surface area contributed by atoms with Crippen molar-refractivity contribution in [1.82, 2.24) is 0 Å². The smallest absolute Gasteiger partial charge is 0.194 e. The molecule has 0 unspecified atom stereocenters. The number of hydrogen-bond donors (Lipinski definition) is 0. The van der Waals surface area contributed by atoms with Crippen LogP contribution >= 0.6 is 27.5 Å². The zero-order chi connectivity index (χ0) is 14.0. The number of carbonyl (C=O) groups is 1. The molecule has 0 atom stereocenters. The molecule has 0 heterocycles. The molecule has 0 bridgehead atoms. The Balaban J connectivity index is 2.41. The minimum Gasteiger partial charge on any atom is -0.495 e. The number of carbonyl (C=O) groups excluding carboxylic acids is 1. The van der Waals surface area contributed by atoms with Crippen LogP contribution in [0.1, 0.15) is 21.5 Å². The van der Waals surface area contributed by atoms with E-state index in [1.165, 1.54) is 0 Å². The molecule has 0 aliphatic rings. The van der Waals surface area contributed by atoms with E-state index in [0.717, 1.165) is 10.0 Å². The van der Waals surface area contributed by atoms with Crippen LogP contribution in [0.4, 0.5) is 0 Å². The molecular formula is C15H12BrClO2. The third-order valence-electron chi connectivity index (χ3n) is 2.78. The highest BCUT2D eigenvalue weighted by atomic mass is 79.9. The molecule has 0 aliphatic carbocycles. The number of halogens is 2. The van der Waals surface area contributed by atoms with E-state index >= 15 is 0 Å². The Labute approximate surface area is 125 Å². The summed E-state index contributed by atoms with van der Waals surface area (Å²) in [7, 11) is 1.54. The maximum atomic E-state index is 12.4. The molecule has 0 N–H and O–H groups in total. The summed E-state index contributed by atoms with van der Waals surface area (Å²) in [5.41, 5.74) is 2.25. The van der Waals surface area contributed by atoms with Crippen molar-refractivity contribution in [2.75, 3.05) is 7.11 Å². The van der Waals surface area contributed by atoms with Crippen molar-refractivity contribution in [1.29, 1.82) is 0 Å². The highest BCUT2D eigenvalue weighted by Crippen LogP contribution is 2.27. The molecule has 98 valence electrons. The summed E-state index contributed by atoms with van der Waals surface area (Å²) in [5.74, 6) is 0.484. The molecule has 0 aliphatic heterocycles. The van der Waals surface area contributed by atoms with Crippen LogP contribution < -0.4 is 4.74 Å². The van der Waals surface area contributed by atoms with Gasteiger partial charge in [0.2, 0.25) is 0 Å². The molecule has 2 aromatic rings. The Kier molecular flexibility index (Phi) is 4.27. The van der Waals surface area contributed by atoms with Gasteiger partial charge in [-0.15, -0.1) is 0 Å². The minimum absolute atomic E-state index is 0.0728. The Hall–Kier alpha value is -1.32.